The van der Waals surface area contributed by atoms with Crippen LogP contribution in [0.3, 0.4) is 0 Å². The van der Waals surface area contributed by atoms with Gasteiger partial charge in [-0.3, -0.25) is 29.5 Å². The highest BCUT2D eigenvalue weighted by Crippen LogP contribution is 2.44. The Bertz CT molecular complexity index is 1040. The maximum absolute atomic E-state index is 12.5. The van der Waals surface area contributed by atoms with E-state index in [9.17, 15) is 19.7 Å². The van der Waals surface area contributed by atoms with Gasteiger partial charge in [-0.2, -0.15) is 0 Å². The summed E-state index contributed by atoms with van der Waals surface area (Å²) in [7, 11) is 0. The number of nitro benzene ring substituents is 1. The second-order valence-electron chi connectivity index (χ2n) is 6.82. The molecule has 28 heavy (non-hydrogen) atoms. The zero-order valence-electron chi connectivity index (χ0n) is 15.3. The Balaban J connectivity index is 2.30. The van der Waals surface area contributed by atoms with E-state index in [-0.39, 0.29) is 24.1 Å². The third kappa shape index (κ3) is 3.52. The van der Waals surface area contributed by atoms with Crippen molar-refractivity contribution in [2.45, 2.75) is 32.3 Å². The van der Waals surface area contributed by atoms with E-state index in [0.717, 1.165) is 0 Å². The highest BCUT2D eigenvalue weighted by Gasteiger charge is 2.36. The van der Waals surface area contributed by atoms with Gasteiger partial charge in [-0.15, -0.1) is 0 Å². The Hall–Kier alpha value is -3.46. The van der Waals surface area contributed by atoms with Gasteiger partial charge in [0.15, 0.2) is 0 Å². The molecule has 0 radical (unpaired) electrons. The Morgan fingerprint density at radius 3 is 2.71 bits per heavy atom. The number of ether oxygens (including phenoxy) is 1. The minimum atomic E-state index is -0.885. The Morgan fingerprint density at radius 1 is 1.32 bits per heavy atom. The van der Waals surface area contributed by atoms with Gasteiger partial charge >= 0.3 is 0 Å². The summed E-state index contributed by atoms with van der Waals surface area (Å²) in [5, 5.41) is 20.1. The molecule has 1 amide bonds. The van der Waals surface area contributed by atoms with Crippen molar-refractivity contribution >= 4 is 17.3 Å². The fourth-order valence-electron chi connectivity index (χ4n) is 3.29. The summed E-state index contributed by atoms with van der Waals surface area (Å²) < 4.78 is 7.42. The second-order valence-corrected chi connectivity index (χ2v) is 6.82. The molecular formula is C19H19N3O6. The van der Waals surface area contributed by atoms with Gasteiger partial charge in [0.2, 0.25) is 5.91 Å². The lowest BCUT2D eigenvalue weighted by Gasteiger charge is -2.37. The molecule has 3 rings (SSSR count). The number of aromatic nitrogens is 1. The number of carbonyl (C=O) groups is 1. The van der Waals surface area contributed by atoms with Gasteiger partial charge in [0.25, 0.3) is 11.2 Å². The van der Waals surface area contributed by atoms with Crippen molar-refractivity contribution in [3.8, 4) is 5.75 Å². The number of nitro groups is 1. The lowest BCUT2D eigenvalue weighted by Crippen LogP contribution is -2.38. The third-order valence-corrected chi connectivity index (χ3v) is 4.60. The van der Waals surface area contributed by atoms with Crippen LogP contribution in [-0.2, 0) is 4.79 Å². The standard InChI is InChI=1S/C19H19N3O6/c1-19(2)14(7-9-16(23)20-25)18(21-10-4-3-5-17(21)24)13-11-12(22(26)27)6-8-15(13)28-19/h3-6,8,10-11,25H,7,9H2,1-2H3,(H,20,23). The summed E-state index contributed by atoms with van der Waals surface area (Å²) in [6.07, 6.45) is 1.69. The summed E-state index contributed by atoms with van der Waals surface area (Å²) >= 11 is 0. The first kappa shape index (κ1) is 19.3. The number of nitrogens with one attached hydrogen (secondary N) is 1. The second kappa shape index (κ2) is 7.28. The zero-order chi connectivity index (χ0) is 20.5. The fraction of sp³-hybridized carbons (Fsp3) is 0.263. The molecule has 0 fully saturated rings. The number of hydroxylamine groups is 1. The first-order chi connectivity index (χ1) is 13.2. The molecule has 0 spiro atoms. The van der Waals surface area contributed by atoms with Crippen molar-refractivity contribution in [3.05, 3.63) is 74.2 Å². The number of hydrogen-bond donors (Lipinski definition) is 2. The molecule has 1 aliphatic rings. The van der Waals surface area contributed by atoms with Crippen molar-refractivity contribution in [2.75, 3.05) is 0 Å². The maximum atomic E-state index is 12.5. The van der Waals surface area contributed by atoms with Crippen molar-refractivity contribution in [1.82, 2.24) is 10.0 Å². The maximum Gasteiger partial charge on any atom is 0.270 e. The van der Waals surface area contributed by atoms with Crippen LogP contribution in [-0.4, -0.2) is 26.2 Å². The van der Waals surface area contributed by atoms with Gasteiger partial charge in [0, 0.05) is 36.4 Å². The minimum absolute atomic E-state index is 0.0477. The molecule has 2 N–H and O–H groups in total. The van der Waals surface area contributed by atoms with Crippen molar-refractivity contribution in [2.24, 2.45) is 0 Å². The lowest BCUT2D eigenvalue weighted by molar-refractivity contribution is -0.384. The van der Waals surface area contributed by atoms with Crippen LogP contribution in [0, 0.1) is 10.1 Å². The number of hydrogen-bond acceptors (Lipinski definition) is 6. The molecule has 0 saturated heterocycles. The lowest BCUT2D eigenvalue weighted by atomic mass is 9.86. The Labute approximate surface area is 160 Å². The van der Waals surface area contributed by atoms with Crippen molar-refractivity contribution in [1.29, 1.82) is 0 Å². The molecular weight excluding hydrogens is 366 g/mol. The average molecular weight is 385 g/mol. The van der Waals surface area contributed by atoms with Crippen LogP contribution in [0.2, 0.25) is 0 Å². The highest BCUT2D eigenvalue weighted by atomic mass is 16.6. The van der Waals surface area contributed by atoms with Gasteiger partial charge in [-0.25, -0.2) is 5.48 Å². The van der Waals surface area contributed by atoms with Crippen LogP contribution in [0.1, 0.15) is 32.3 Å². The molecule has 9 heteroatoms. The van der Waals surface area contributed by atoms with E-state index >= 15 is 0 Å². The van der Waals surface area contributed by atoms with Crippen LogP contribution < -0.4 is 15.8 Å². The first-order valence-electron chi connectivity index (χ1n) is 8.57. The summed E-state index contributed by atoms with van der Waals surface area (Å²) in [6.45, 7) is 3.58. The van der Waals surface area contributed by atoms with E-state index in [2.05, 4.69) is 0 Å². The molecule has 1 aromatic heterocycles. The molecule has 0 bridgehead atoms. The van der Waals surface area contributed by atoms with E-state index in [4.69, 9.17) is 9.94 Å². The van der Waals surface area contributed by atoms with Crippen molar-refractivity contribution < 1.29 is 19.7 Å². The van der Waals surface area contributed by atoms with E-state index < -0.39 is 16.4 Å². The SMILES string of the molecule is CC1(C)Oc2ccc([N+](=O)[O-])cc2C(n2ccccc2=O)=C1CCC(=O)NO. The number of amides is 1. The van der Waals surface area contributed by atoms with Crippen molar-refractivity contribution in [3.63, 3.8) is 0 Å². The van der Waals surface area contributed by atoms with E-state index in [1.807, 2.05) is 0 Å². The molecule has 1 aliphatic heterocycles. The topological polar surface area (TPSA) is 124 Å². The molecule has 9 nitrogen and oxygen atoms in total. The molecule has 0 atom stereocenters. The van der Waals surface area contributed by atoms with Crippen LogP contribution >= 0.6 is 0 Å². The summed E-state index contributed by atoms with van der Waals surface area (Å²) in [5.74, 6) is -0.190. The molecule has 1 aromatic carbocycles. The predicted molar refractivity (Wildman–Crippen MR) is 100.0 cm³/mol. The van der Waals surface area contributed by atoms with Crippen LogP contribution in [0.4, 0.5) is 5.69 Å². The zero-order valence-corrected chi connectivity index (χ0v) is 15.3. The largest absolute Gasteiger partial charge is 0.483 e. The van der Waals surface area contributed by atoms with Crippen LogP contribution in [0.15, 0.2) is 53.0 Å². The first-order valence-corrected chi connectivity index (χ1v) is 8.57. The van der Waals surface area contributed by atoms with Crippen LogP contribution in [0.25, 0.3) is 5.70 Å². The summed E-state index contributed by atoms with van der Waals surface area (Å²) in [5.41, 5.74) is 1.67. The van der Waals surface area contributed by atoms with E-state index in [0.29, 0.717) is 22.6 Å². The summed E-state index contributed by atoms with van der Waals surface area (Å²) in [6, 6.07) is 8.84. The molecule has 0 saturated carbocycles. The number of fused-ring (bicyclic) bond motifs is 1. The number of carbonyl (C=O) groups excluding carboxylic acids is 1. The van der Waals surface area contributed by atoms with E-state index in [1.165, 1.54) is 28.8 Å². The molecule has 0 aliphatic carbocycles. The molecule has 146 valence electrons. The molecule has 2 aromatic rings. The normalized spacial score (nSPS) is 14.8. The van der Waals surface area contributed by atoms with Gasteiger partial charge in [0.05, 0.1) is 10.6 Å². The Morgan fingerprint density at radius 2 is 2.07 bits per heavy atom. The average Bonchev–Trinajstić information content (AvgIpc) is 2.65. The van der Waals surface area contributed by atoms with Crippen LogP contribution in [0.5, 0.6) is 5.75 Å². The number of pyridine rings is 1. The molecule has 0 unspecified atom stereocenters. The third-order valence-electron chi connectivity index (χ3n) is 4.60. The smallest absolute Gasteiger partial charge is 0.270 e. The minimum Gasteiger partial charge on any atom is -0.483 e. The monoisotopic (exact) mass is 385 g/mol. The number of nitrogens with zero attached hydrogens (tertiary/aromatic N) is 2. The van der Waals surface area contributed by atoms with E-state index in [1.54, 1.807) is 37.7 Å². The molecule has 2 heterocycles. The quantitative estimate of drug-likeness (QED) is 0.463. The predicted octanol–water partition coefficient (Wildman–Crippen LogP) is 2.47. The van der Waals surface area contributed by atoms with Gasteiger partial charge < -0.3 is 4.74 Å². The van der Waals surface area contributed by atoms with Gasteiger partial charge in [0.1, 0.15) is 11.4 Å². The summed E-state index contributed by atoms with van der Waals surface area (Å²) in [4.78, 5) is 34.9. The number of non-ortho nitro benzene ring substituents is 1. The number of rotatable bonds is 5. The highest BCUT2D eigenvalue weighted by molar-refractivity contribution is 5.80. The van der Waals surface area contributed by atoms with Gasteiger partial charge in [-0.1, -0.05) is 6.07 Å². The fourth-order valence-corrected chi connectivity index (χ4v) is 3.29. The number of benzene rings is 1. The van der Waals surface area contributed by atoms with Gasteiger partial charge in [-0.05, 0) is 38.0 Å². The Kier molecular flexibility index (Phi) is 5.02.